The fourth-order valence-electron chi connectivity index (χ4n) is 10.3. The molecule has 2 aliphatic rings. The first-order valence-corrected chi connectivity index (χ1v) is 27.5. The van der Waals surface area contributed by atoms with Crippen LogP contribution in [0, 0.1) is 0 Å². The predicted octanol–water partition coefficient (Wildman–Crippen LogP) is 7.98. The van der Waals surface area contributed by atoms with Gasteiger partial charge in [-0.1, -0.05) is 187 Å². The summed E-state index contributed by atoms with van der Waals surface area (Å²) in [5, 5.41) is 12.1. The molecular weight excluding hydrogens is 1030 g/mol. The van der Waals surface area contributed by atoms with E-state index >= 15 is 0 Å². The van der Waals surface area contributed by atoms with Crippen LogP contribution in [0.2, 0.25) is 0 Å². The lowest BCUT2D eigenvalue weighted by atomic mass is 9.90. The van der Waals surface area contributed by atoms with Crippen LogP contribution in [0.5, 0.6) is 0 Å². The molecule has 2 aromatic heterocycles. The maximum absolute atomic E-state index is 14.4. The van der Waals surface area contributed by atoms with E-state index in [-0.39, 0.29) is 52.1 Å². The second kappa shape index (κ2) is 28.6. The average molecular weight is 1100 g/mol. The van der Waals surface area contributed by atoms with Crippen molar-refractivity contribution in [1.29, 1.82) is 0 Å². The lowest BCUT2D eigenvalue weighted by Crippen LogP contribution is -2.65. The van der Waals surface area contributed by atoms with Crippen molar-refractivity contribution in [2.45, 2.75) is 121 Å². The molecule has 0 saturated carbocycles. The van der Waals surface area contributed by atoms with E-state index in [4.69, 9.17) is 37.9 Å². The van der Waals surface area contributed by atoms with Crippen LogP contribution in [-0.4, -0.2) is 92.0 Å². The van der Waals surface area contributed by atoms with E-state index in [1.807, 2.05) is 188 Å². The molecule has 10 rings (SSSR count). The Morgan fingerprint density at radius 1 is 0.519 bits per heavy atom. The van der Waals surface area contributed by atoms with E-state index in [2.05, 4.69) is 15.6 Å². The number of hydrogen-bond donors (Lipinski definition) is 1. The van der Waals surface area contributed by atoms with Crippen LogP contribution < -0.4 is 16.6 Å². The zero-order chi connectivity index (χ0) is 55.6. The number of aryl methyl sites for hydroxylation is 1. The number of nitrogens with zero attached hydrogens (tertiary/aromatic N) is 5. The molecule has 0 aliphatic carbocycles. The minimum absolute atomic E-state index is 0.0341. The van der Waals surface area contributed by atoms with Crippen molar-refractivity contribution >= 4 is 5.91 Å². The highest BCUT2D eigenvalue weighted by molar-refractivity contribution is 5.73. The van der Waals surface area contributed by atoms with Crippen LogP contribution >= 0.6 is 0 Å². The summed E-state index contributed by atoms with van der Waals surface area (Å²) in [6, 6.07) is 59.4. The van der Waals surface area contributed by atoms with Gasteiger partial charge in [0.15, 0.2) is 6.23 Å². The van der Waals surface area contributed by atoms with Gasteiger partial charge in [0, 0.05) is 25.7 Å². The van der Waals surface area contributed by atoms with E-state index in [0.29, 0.717) is 31.9 Å². The number of nitrogens with one attached hydrogen (secondary N) is 1. The molecule has 4 heterocycles. The molecular formula is C64H68N6O11. The number of ether oxygens (including phenoxy) is 8. The van der Waals surface area contributed by atoms with E-state index in [0.717, 1.165) is 33.4 Å². The van der Waals surface area contributed by atoms with Gasteiger partial charge in [-0.3, -0.25) is 23.4 Å². The number of carbonyl (C=O) groups excluding carboxylic acids is 1. The molecule has 0 unspecified atom stereocenters. The van der Waals surface area contributed by atoms with Crippen molar-refractivity contribution in [1.82, 2.24) is 29.4 Å². The van der Waals surface area contributed by atoms with Crippen LogP contribution in [0.1, 0.15) is 58.6 Å². The van der Waals surface area contributed by atoms with Gasteiger partial charge < -0.3 is 43.2 Å². The minimum Gasteiger partial charge on any atom is -0.374 e. The summed E-state index contributed by atoms with van der Waals surface area (Å²) in [5.74, 6) is -0.235. The Labute approximate surface area is 470 Å². The number of amides is 1. The third-order valence-corrected chi connectivity index (χ3v) is 14.3. The third-order valence-electron chi connectivity index (χ3n) is 14.3. The third kappa shape index (κ3) is 15.6. The molecule has 1 amide bonds. The molecule has 2 saturated heterocycles. The van der Waals surface area contributed by atoms with Crippen molar-refractivity contribution in [3.63, 3.8) is 0 Å². The SMILES string of the molecule is CC(=O)N[C@@H]1[C@@H](OCc2ccccc2)[C@H](OCc2ccccc2)[C@@H](COCc2ccccc2)O[C@@H]1CCn1cc(COC[C@H]2O[C@@H](n3ccc(=O)n(Cc4ccccc4)c3=O)[C@H](OCc3ccccc3)[C@@H]2OCc2ccccc2)nn1. The maximum atomic E-state index is 14.4. The van der Waals surface area contributed by atoms with Crippen molar-refractivity contribution in [2.24, 2.45) is 0 Å². The molecule has 2 fully saturated rings. The summed E-state index contributed by atoms with van der Waals surface area (Å²) in [5.41, 5.74) is 5.20. The maximum Gasteiger partial charge on any atom is 0.333 e. The van der Waals surface area contributed by atoms with Crippen LogP contribution in [0.3, 0.4) is 0 Å². The first kappa shape index (κ1) is 56.6. The summed E-state index contributed by atoms with van der Waals surface area (Å²) in [6.07, 6.45) is -1.96. The zero-order valence-corrected chi connectivity index (χ0v) is 45.3. The van der Waals surface area contributed by atoms with E-state index < -0.39 is 66.2 Å². The van der Waals surface area contributed by atoms with Crippen molar-refractivity contribution in [2.75, 3.05) is 13.2 Å². The predicted molar refractivity (Wildman–Crippen MR) is 301 cm³/mol. The van der Waals surface area contributed by atoms with E-state index in [1.54, 1.807) is 4.68 Å². The quantitative estimate of drug-likeness (QED) is 0.0525. The van der Waals surface area contributed by atoms with Gasteiger partial charge in [0.1, 0.15) is 42.3 Å². The molecule has 6 aromatic carbocycles. The van der Waals surface area contributed by atoms with Crippen molar-refractivity contribution in [3.05, 3.63) is 260 Å². The molecule has 420 valence electrons. The standard InChI is InChI=1S/C64H68N6O11/c1-46(71)65-58-54(80-55(44-74-38-48-22-10-3-11-23-48)59(76-39-49-24-12-4-13-25-49)61(58)78-41-51-28-16-6-17-29-51)32-34-68-37-53(66-67-68)43-75-45-56-60(77-40-50-26-14-5-15-27-50)62(79-42-52-30-18-7-19-31-52)63(81-56)69-35-33-57(72)70(64(69)73)36-47-20-8-2-9-21-47/h2-31,33,35,37,54-56,58-63H,32,34,36,38-45H2,1H3,(H,65,71)/t54-,55-,56-,58+,59-,60-,61-,62-,63-/m1/s1. The Balaban J connectivity index is 0.860. The fourth-order valence-corrected chi connectivity index (χ4v) is 10.3. The summed E-state index contributed by atoms with van der Waals surface area (Å²) >= 11 is 0. The molecule has 1 N–H and O–H groups in total. The Morgan fingerprint density at radius 3 is 1.48 bits per heavy atom. The Hall–Kier alpha value is -7.71. The second-order valence-electron chi connectivity index (χ2n) is 20.2. The van der Waals surface area contributed by atoms with E-state index in [1.165, 1.54) is 28.3 Å². The highest BCUT2D eigenvalue weighted by atomic mass is 16.6. The summed E-state index contributed by atoms with van der Waals surface area (Å²) < 4.78 is 57.8. The van der Waals surface area contributed by atoms with Crippen molar-refractivity contribution in [3.8, 4) is 0 Å². The normalized spacial score (nSPS) is 21.7. The number of hydrogen-bond acceptors (Lipinski definition) is 13. The lowest BCUT2D eigenvalue weighted by molar-refractivity contribution is -0.233. The van der Waals surface area contributed by atoms with Crippen molar-refractivity contribution < 1.29 is 42.7 Å². The van der Waals surface area contributed by atoms with Gasteiger partial charge in [0.25, 0.3) is 5.56 Å². The molecule has 81 heavy (non-hydrogen) atoms. The average Bonchev–Trinajstić information content (AvgIpc) is 4.28. The summed E-state index contributed by atoms with van der Waals surface area (Å²) in [7, 11) is 0. The highest BCUT2D eigenvalue weighted by Gasteiger charge is 2.49. The minimum atomic E-state index is -0.994. The molecule has 0 radical (unpaired) electrons. The summed E-state index contributed by atoms with van der Waals surface area (Å²) in [6.45, 7) is 3.61. The molecule has 2 aliphatic heterocycles. The monoisotopic (exact) mass is 1100 g/mol. The van der Waals surface area contributed by atoms with Crippen LogP contribution in [0.25, 0.3) is 0 Å². The van der Waals surface area contributed by atoms with Gasteiger partial charge in [0.05, 0.1) is 77.7 Å². The van der Waals surface area contributed by atoms with Gasteiger partial charge in [-0.05, 0) is 39.8 Å². The van der Waals surface area contributed by atoms with Gasteiger partial charge in [-0.25, -0.2) is 4.79 Å². The summed E-state index contributed by atoms with van der Waals surface area (Å²) in [4.78, 5) is 40.7. The first-order valence-electron chi connectivity index (χ1n) is 27.5. The number of rotatable bonds is 27. The second-order valence-corrected chi connectivity index (χ2v) is 20.2. The Bertz CT molecular complexity index is 3280. The topological polar surface area (TPSA) is 178 Å². The Kier molecular flexibility index (Phi) is 20.0. The zero-order valence-electron chi connectivity index (χ0n) is 45.3. The fraction of sp³-hybridized carbons (Fsp3) is 0.328. The van der Waals surface area contributed by atoms with Gasteiger partial charge in [-0.15, -0.1) is 5.10 Å². The van der Waals surface area contributed by atoms with Gasteiger partial charge in [0.2, 0.25) is 5.91 Å². The smallest absolute Gasteiger partial charge is 0.333 e. The number of carbonyl (C=O) groups is 1. The molecule has 9 atom stereocenters. The molecule has 17 heteroatoms. The molecule has 17 nitrogen and oxygen atoms in total. The lowest BCUT2D eigenvalue weighted by Gasteiger charge is -2.46. The molecule has 8 aromatic rings. The van der Waals surface area contributed by atoms with Crippen LogP contribution in [0.15, 0.2) is 210 Å². The van der Waals surface area contributed by atoms with E-state index in [9.17, 15) is 14.4 Å². The highest BCUT2D eigenvalue weighted by Crippen LogP contribution is 2.35. The first-order chi connectivity index (χ1) is 39.8. The van der Waals surface area contributed by atoms with Gasteiger partial charge in [-0.2, -0.15) is 0 Å². The Morgan fingerprint density at radius 2 is 0.963 bits per heavy atom. The van der Waals surface area contributed by atoms with Gasteiger partial charge >= 0.3 is 5.69 Å². The van der Waals surface area contributed by atoms with Crippen LogP contribution in [0.4, 0.5) is 0 Å². The largest absolute Gasteiger partial charge is 0.374 e. The molecule has 0 spiro atoms. The molecule has 0 bridgehead atoms. The number of benzene rings is 6. The number of aromatic nitrogens is 5. The van der Waals surface area contributed by atoms with Crippen LogP contribution in [-0.2, 0) is 95.4 Å².